The number of hydrogen-bond donors (Lipinski definition) is 0. The molecule has 1 aromatic heterocycles. The van der Waals surface area contributed by atoms with Crippen LogP contribution in [0.25, 0.3) is 5.57 Å². The second-order valence-electron chi connectivity index (χ2n) is 8.48. The molecule has 1 aliphatic heterocycles. The minimum Gasteiger partial charge on any atom is -0.364 e. The number of unbranched alkanes of at least 4 members (excludes halogenated alkanes) is 4. The zero-order valence-corrected chi connectivity index (χ0v) is 18.9. The standard InChI is InChI=1S/C27H35NS/c1-3-5-7-8-13-21-18-20-29-27(21)26-22-14-9-11-16-24(22)28(19-6-4-2)25-17-12-10-15-23(25)26/h9-11,14-16,18,20,25H,3-8,12-13,17,19H2,1-2H3. The summed E-state index contributed by atoms with van der Waals surface area (Å²) in [7, 11) is 0. The Kier molecular flexibility index (Phi) is 6.92. The summed E-state index contributed by atoms with van der Waals surface area (Å²) in [5.74, 6) is 0. The molecule has 2 heteroatoms. The van der Waals surface area contributed by atoms with Crippen molar-refractivity contribution in [2.75, 3.05) is 11.4 Å². The van der Waals surface area contributed by atoms with Gasteiger partial charge in [-0.2, -0.15) is 0 Å². The van der Waals surface area contributed by atoms with Crippen molar-refractivity contribution in [3.63, 3.8) is 0 Å². The van der Waals surface area contributed by atoms with Crippen LogP contribution in [0.4, 0.5) is 5.69 Å². The Morgan fingerprint density at radius 3 is 2.72 bits per heavy atom. The number of thiophene rings is 1. The number of aryl methyl sites for hydroxylation is 1. The first-order valence-corrected chi connectivity index (χ1v) is 12.6. The van der Waals surface area contributed by atoms with E-state index < -0.39 is 0 Å². The highest BCUT2D eigenvalue weighted by molar-refractivity contribution is 7.11. The van der Waals surface area contributed by atoms with Crippen LogP contribution < -0.4 is 4.90 Å². The van der Waals surface area contributed by atoms with Gasteiger partial charge in [-0.3, -0.25) is 0 Å². The summed E-state index contributed by atoms with van der Waals surface area (Å²) in [6.45, 7) is 5.76. The van der Waals surface area contributed by atoms with Gasteiger partial charge in [-0.25, -0.2) is 0 Å². The highest BCUT2D eigenvalue weighted by Crippen LogP contribution is 2.46. The van der Waals surface area contributed by atoms with Crippen molar-refractivity contribution in [3.8, 4) is 0 Å². The molecular formula is C27H35NS. The number of para-hydroxylation sites is 1. The van der Waals surface area contributed by atoms with Gasteiger partial charge in [0.15, 0.2) is 0 Å². The van der Waals surface area contributed by atoms with Crippen molar-refractivity contribution in [1.82, 2.24) is 0 Å². The molecule has 0 saturated carbocycles. The van der Waals surface area contributed by atoms with Gasteiger partial charge in [-0.1, -0.05) is 69.9 Å². The molecule has 0 saturated heterocycles. The molecule has 0 N–H and O–H groups in total. The lowest BCUT2D eigenvalue weighted by Gasteiger charge is -2.42. The van der Waals surface area contributed by atoms with E-state index in [1.807, 2.05) is 11.3 Å². The minimum absolute atomic E-state index is 0.534. The molecule has 1 aliphatic carbocycles. The van der Waals surface area contributed by atoms with Gasteiger partial charge in [0.25, 0.3) is 0 Å². The molecule has 1 atom stereocenters. The average molecular weight is 406 g/mol. The first-order valence-electron chi connectivity index (χ1n) is 11.7. The molecule has 154 valence electrons. The van der Waals surface area contributed by atoms with Gasteiger partial charge >= 0.3 is 0 Å². The number of benzene rings is 1. The maximum absolute atomic E-state index is 2.70. The topological polar surface area (TPSA) is 3.24 Å². The third-order valence-electron chi connectivity index (χ3n) is 6.44. The predicted octanol–water partition coefficient (Wildman–Crippen LogP) is 8.01. The largest absolute Gasteiger partial charge is 0.364 e. The monoisotopic (exact) mass is 405 g/mol. The van der Waals surface area contributed by atoms with Crippen LogP contribution in [0.3, 0.4) is 0 Å². The number of nitrogens with zero attached hydrogens (tertiary/aromatic N) is 1. The van der Waals surface area contributed by atoms with E-state index in [-0.39, 0.29) is 0 Å². The van der Waals surface area contributed by atoms with Crippen molar-refractivity contribution in [2.45, 2.75) is 77.7 Å². The highest BCUT2D eigenvalue weighted by atomic mass is 32.1. The lowest BCUT2D eigenvalue weighted by atomic mass is 9.81. The molecule has 2 aromatic rings. The normalized spacial score (nSPS) is 18.1. The summed E-state index contributed by atoms with van der Waals surface area (Å²) >= 11 is 1.95. The lowest BCUT2D eigenvalue weighted by Crippen LogP contribution is -2.41. The fourth-order valence-electron chi connectivity index (χ4n) is 4.92. The maximum Gasteiger partial charge on any atom is 0.0552 e. The first kappa shape index (κ1) is 20.5. The van der Waals surface area contributed by atoms with Gasteiger partial charge in [0.2, 0.25) is 0 Å². The number of allylic oxidation sites excluding steroid dienone is 1. The summed E-state index contributed by atoms with van der Waals surface area (Å²) in [6, 6.07) is 12.1. The third-order valence-corrected chi connectivity index (χ3v) is 7.41. The van der Waals surface area contributed by atoms with Gasteiger partial charge in [-0.05, 0) is 60.8 Å². The smallest absolute Gasteiger partial charge is 0.0552 e. The Bertz CT molecular complexity index is 872. The van der Waals surface area contributed by atoms with Crippen molar-refractivity contribution in [1.29, 1.82) is 0 Å². The van der Waals surface area contributed by atoms with Crippen LogP contribution in [0.1, 0.15) is 81.2 Å². The third kappa shape index (κ3) is 4.23. The molecule has 1 aromatic carbocycles. The lowest BCUT2D eigenvalue weighted by molar-refractivity contribution is 0.589. The second kappa shape index (κ2) is 9.80. The van der Waals surface area contributed by atoms with E-state index >= 15 is 0 Å². The zero-order valence-electron chi connectivity index (χ0n) is 18.1. The Morgan fingerprint density at radius 1 is 1.00 bits per heavy atom. The number of fused-ring (bicyclic) bond motifs is 2. The van der Waals surface area contributed by atoms with Crippen molar-refractivity contribution < 1.29 is 0 Å². The first-order chi connectivity index (χ1) is 14.3. The van der Waals surface area contributed by atoms with Gasteiger partial charge in [0.1, 0.15) is 0 Å². The van der Waals surface area contributed by atoms with Crippen LogP contribution in [0.15, 0.2) is 53.4 Å². The Hall–Kier alpha value is -1.80. The van der Waals surface area contributed by atoms with Crippen molar-refractivity contribution in [2.24, 2.45) is 0 Å². The van der Waals surface area contributed by atoms with E-state index in [0.29, 0.717) is 6.04 Å². The maximum atomic E-state index is 2.70. The van der Waals surface area contributed by atoms with E-state index in [0.717, 1.165) is 6.54 Å². The van der Waals surface area contributed by atoms with Crippen molar-refractivity contribution in [3.05, 3.63) is 69.4 Å². The van der Waals surface area contributed by atoms with Gasteiger partial charge in [0.05, 0.1) is 6.04 Å². The van der Waals surface area contributed by atoms with Crippen LogP contribution in [0.2, 0.25) is 0 Å². The van der Waals surface area contributed by atoms with Gasteiger partial charge < -0.3 is 4.90 Å². The fourth-order valence-corrected chi connectivity index (χ4v) is 5.95. The number of anilines is 1. The SMILES string of the molecule is CCCCCCc1ccsc1C1=C2C=CCCC2N(CCCC)c2ccccc21. The van der Waals surface area contributed by atoms with Crippen LogP contribution in [0, 0.1) is 0 Å². The molecule has 29 heavy (non-hydrogen) atoms. The molecular weight excluding hydrogens is 370 g/mol. The van der Waals surface area contributed by atoms with Gasteiger partial charge in [0, 0.05) is 28.2 Å². The quantitative estimate of drug-likeness (QED) is 0.382. The summed E-state index contributed by atoms with van der Waals surface area (Å²) in [6.07, 6.45) is 16.3. The van der Waals surface area contributed by atoms with Crippen molar-refractivity contribution >= 4 is 22.6 Å². The Morgan fingerprint density at radius 2 is 1.86 bits per heavy atom. The van der Waals surface area contributed by atoms with Crippen LogP contribution >= 0.6 is 11.3 Å². The molecule has 0 amide bonds. The zero-order chi connectivity index (χ0) is 20.1. The van der Waals surface area contributed by atoms with Crippen LogP contribution in [-0.4, -0.2) is 12.6 Å². The van der Waals surface area contributed by atoms with E-state index in [1.165, 1.54) is 79.5 Å². The molecule has 0 spiro atoms. The second-order valence-corrected chi connectivity index (χ2v) is 9.39. The summed E-state index contributed by atoms with van der Waals surface area (Å²) in [4.78, 5) is 4.23. The molecule has 4 rings (SSSR count). The van der Waals surface area contributed by atoms with E-state index in [2.05, 4.69) is 66.6 Å². The van der Waals surface area contributed by atoms with Gasteiger partial charge in [-0.15, -0.1) is 11.3 Å². The molecule has 2 heterocycles. The average Bonchev–Trinajstić information content (AvgIpc) is 3.22. The highest BCUT2D eigenvalue weighted by Gasteiger charge is 2.33. The fraction of sp³-hybridized carbons (Fsp3) is 0.481. The van der Waals surface area contributed by atoms with E-state index in [1.54, 1.807) is 11.1 Å². The summed E-state index contributed by atoms with van der Waals surface area (Å²) < 4.78 is 0. The predicted molar refractivity (Wildman–Crippen MR) is 129 cm³/mol. The van der Waals surface area contributed by atoms with E-state index in [4.69, 9.17) is 0 Å². The van der Waals surface area contributed by atoms with Crippen LogP contribution in [0.5, 0.6) is 0 Å². The minimum atomic E-state index is 0.534. The number of rotatable bonds is 9. The number of hydrogen-bond acceptors (Lipinski definition) is 2. The molecule has 1 nitrogen and oxygen atoms in total. The molecule has 0 bridgehead atoms. The molecule has 0 fully saturated rings. The molecule has 2 aliphatic rings. The summed E-state index contributed by atoms with van der Waals surface area (Å²) in [5, 5.41) is 2.31. The summed E-state index contributed by atoms with van der Waals surface area (Å²) in [5.41, 5.74) is 7.53. The Balaban J connectivity index is 1.76. The van der Waals surface area contributed by atoms with Crippen LogP contribution in [-0.2, 0) is 6.42 Å². The molecule has 1 unspecified atom stereocenters. The Labute approximate surface area is 181 Å². The van der Waals surface area contributed by atoms with E-state index in [9.17, 15) is 0 Å². The molecule has 0 radical (unpaired) electrons.